The van der Waals surface area contributed by atoms with Gasteiger partial charge in [-0.15, -0.1) is 12.3 Å². The summed E-state index contributed by atoms with van der Waals surface area (Å²) in [4.78, 5) is 16.0. The third kappa shape index (κ3) is 2.93. The van der Waals surface area contributed by atoms with Crippen LogP contribution in [-0.2, 0) is 4.79 Å². The summed E-state index contributed by atoms with van der Waals surface area (Å²) in [5.41, 5.74) is 0. The Morgan fingerprint density at radius 1 is 1.38 bits per heavy atom. The molecule has 0 aromatic rings. The lowest BCUT2D eigenvalue weighted by Gasteiger charge is -2.28. The van der Waals surface area contributed by atoms with Gasteiger partial charge < -0.3 is 4.90 Å². The first-order valence-electron chi connectivity index (χ1n) is 5.83. The Bertz CT molecular complexity index is 294. The van der Waals surface area contributed by atoms with Crippen molar-refractivity contribution < 1.29 is 4.79 Å². The van der Waals surface area contributed by atoms with Gasteiger partial charge in [0.05, 0.1) is 0 Å². The van der Waals surface area contributed by atoms with Crippen molar-refractivity contribution >= 4 is 17.7 Å². The third-order valence-electron chi connectivity index (χ3n) is 3.24. The van der Waals surface area contributed by atoms with Gasteiger partial charge in [-0.2, -0.15) is 11.8 Å². The number of carbonyl (C=O) groups excluding carboxylic acids is 1. The lowest BCUT2D eigenvalue weighted by atomic mass is 10.1. The Morgan fingerprint density at radius 2 is 2.12 bits per heavy atom. The molecular formula is C12H18N2OS. The summed E-state index contributed by atoms with van der Waals surface area (Å²) in [6.45, 7) is 4.93. The lowest BCUT2D eigenvalue weighted by molar-refractivity contribution is -0.127. The molecule has 0 bridgehead atoms. The molecule has 2 rings (SSSR count). The molecule has 88 valence electrons. The first kappa shape index (κ1) is 11.8. The number of likely N-dealkylation sites (tertiary alicyclic amines) is 1. The predicted molar refractivity (Wildman–Crippen MR) is 67.3 cm³/mol. The number of hydrogen-bond acceptors (Lipinski definition) is 3. The van der Waals surface area contributed by atoms with Crippen LogP contribution < -0.4 is 0 Å². The number of amides is 1. The average molecular weight is 238 g/mol. The zero-order chi connectivity index (χ0) is 11.4. The summed E-state index contributed by atoms with van der Waals surface area (Å²) in [6.07, 6.45) is 5.90. The summed E-state index contributed by atoms with van der Waals surface area (Å²) in [5.74, 6) is 5.50. The van der Waals surface area contributed by atoms with Crippen molar-refractivity contribution in [1.29, 1.82) is 0 Å². The van der Waals surface area contributed by atoms with Crippen LogP contribution in [0, 0.1) is 18.3 Å². The molecule has 1 atom stereocenters. The lowest BCUT2D eigenvalue weighted by Crippen LogP contribution is -2.39. The van der Waals surface area contributed by atoms with E-state index in [1.54, 1.807) is 0 Å². The van der Waals surface area contributed by atoms with E-state index in [0.717, 1.165) is 32.7 Å². The van der Waals surface area contributed by atoms with Gasteiger partial charge in [0.15, 0.2) is 0 Å². The molecule has 2 saturated heterocycles. The van der Waals surface area contributed by atoms with Gasteiger partial charge in [-0.1, -0.05) is 0 Å². The second kappa shape index (κ2) is 5.60. The average Bonchev–Trinajstić information content (AvgIpc) is 2.69. The minimum Gasteiger partial charge on any atom is -0.340 e. The van der Waals surface area contributed by atoms with Crippen LogP contribution in [0.2, 0.25) is 0 Å². The van der Waals surface area contributed by atoms with Crippen molar-refractivity contribution in [3.05, 3.63) is 0 Å². The molecule has 0 saturated carbocycles. The Kier molecular flexibility index (Phi) is 4.14. The van der Waals surface area contributed by atoms with Gasteiger partial charge in [0.25, 0.3) is 0 Å². The molecule has 2 aliphatic heterocycles. The maximum absolute atomic E-state index is 11.6. The molecule has 1 unspecified atom stereocenters. The molecule has 0 aliphatic carbocycles. The highest BCUT2D eigenvalue weighted by Crippen LogP contribution is 2.16. The number of carbonyl (C=O) groups is 1. The largest absolute Gasteiger partial charge is 0.340 e. The minimum absolute atomic E-state index is 0.143. The Hall–Kier alpha value is -0.660. The summed E-state index contributed by atoms with van der Waals surface area (Å²) in [5, 5.41) is 0. The van der Waals surface area contributed by atoms with Crippen molar-refractivity contribution in [1.82, 2.24) is 9.80 Å². The standard InChI is InChI=1S/C12H18N2OS/c1-2-11-9-12(15)14(10-11)4-3-13-5-7-16-8-6-13/h1,11H,3-10H2. The maximum atomic E-state index is 11.6. The molecule has 16 heavy (non-hydrogen) atoms. The molecule has 0 N–H and O–H groups in total. The zero-order valence-electron chi connectivity index (χ0n) is 9.52. The first-order valence-corrected chi connectivity index (χ1v) is 6.99. The molecule has 0 spiro atoms. The van der Waals surface area contributed by atoms with E-state index in [0.29, 0.717) is 6.42 Å². The molecule has 0 aromatic carbocycles. The van der Waals surface area contributed by atoms with Gasteiger partial charge >= 0.3 is 0 Å². The van der Waals surface area contributed by atoms with E-state index in [4.69, 9.17) is 6.42 Å². The highest BCUT2D eigenvalue weighted by molar-refractivity contribution is 7.99. The fraction of sp³-hybridized carbons (Fsp3) is 0.750. The first-order chi connectivity index (χ1) is 7.79. The molecular weight excluding hydrogens is 220 g/mol. The Labute approximate surface area is 102 Å². The van der Waals surface area contributed by atoms with Crippen LogP contribution in [0.15, 0.2) is 0 Å². The van der Waals surface area contributed by atoms with Crippen LogP contribution in [-0.4, -0.2) is 59.9 Å². The number of thioether (sulfide) groups is 1. The monoisotopic (exact) mass is 238 g/mol. The Morgan fingerprint density at radius 3 is 2.75 bits per heavy atom. The van der Waals surface area contributed by atoms with Gasteiger partial charge in [-0.05, 0) is 0 Å². The summed E-state index contributed by atoms with van der Waals surface area (Å²) < 4.78 is 0. The van der Waals surface area contributed by atoms with E-state index in [1.807, 2.05) is 16.7 Å². The maximum Gasteiger partial charge on any atom is 0.223 e. The SMILES string of the molecule is C#CC1CC(=O)N(CCN2CCSCC2)C1. The molecule has 1 amide bonds. The van der Waals surface area contributed by atoms with Crippen molar-refractivity contribution in [3.63, 3.8) is 0 Å². The van der Waals surface area contributed by atoms with E-state index >= 15 is 0 Å². The normalized spacial score (nSPS) is 27.1. The van der Waals surface area contributed by atoms with Gasteiger partial charge in [-0.25, -0.2) is 0 Å². The topological polar surface area (TPSA) is 23.6 Å². The van der Waals surface area contributed by atoms with Gasteiger partial charge in [0, 0.05) is 56.6 Å². The number of hydrogen-bond donors (Lipinski definition) is 0. The molecule has 2 aliphatic rings. The molecule has 2 heterocycles. The van der Waals surface area contributed by atoms with Gasteiger partial charge in [0.2, 0.25) is 5.91 Å². The van der Waals surface area contributed by atoms with E-state index in [-0.39, 0.29) is 11.8 Å². The van der Waals surface area contributed by atoms with Crippen molar-refractivity contribution in [2.75, 3.05) is 44.2 Å². The van der Waals surface area contributed by atoms with Gasteiger partial charge in [0.1, 0.15) is 0 Å². The molecule has 4 heteroatoms. The number of terminal acetylenes is 1. The third-order valence-corrected chi connectivity index (χ3v) is 4.18. The molecule has 3 nitrogen and oxygen atoms in total. The molecule has 0 aromatic heterocycles. The second-order valence-electron chi connectivity index (χ2n) is 4.36. The van der Waals surface area contributed by atoms with Crippen LogP contribution in [0.3, 0.4) is 0 Å². The van der Waals surface area contributed by atoms with Crippen LogP contribution in [0.4, 0.5) is 0 Å². The van der Waals surface area contributed by atoms with E-state index < -0.39 is 0 Å². The van der Waals surface area contributed by atoms with Crippen LogP contribution in [0.5, 0.6) is 0 Å². The molecule has 0 radical (unpaired) electrons. The second-order valence-corrected chi connectivity index (χ2v) is 5.59. The summed E-state index contributed by atoms with van der Waals surface area (Å²) in [7, 11) is 0. The van der Waals surface area contributed by atoms with Crippen LogP contribution >= 0.6 is 11.8 Å². The van der Waals surface area contributed by atoms with E-state index in [2.05, 4.69) is 10.8 Å². The Balaban J connectivity index is 1.73. The van der Waals surface area contributed by atoms with E-state index in [1.165, 1.54) is 11.5 Å². The number of rotatable bonds is 3. The smallest absolute Gasteiger partial charge is 0.223 e. The van der Waals surface area contributed by atoms with Gasteiger partial charge in [-0.3, -0.25) is 9.69 Å². The van der Waals surface area contributed by atoms with Crippen LogP contribution in [0.1, 0.15) is 6.42 Å². The van der Waals surface area contributed by atoms with Crippen molar-refractivity contribution in [2.45, 2.75) is 6.42 Å². The molecule has 2 fully saturated rings. The summed E-state index contributed by atoms with van der Waals surface area (Å²) in [6, 6.07) is 0. The highest BCUT2D eigenvalue weighted by atomic mass is 32.2. The van der Waals surface area contributed by atoms with Crippen molar-refractivity contribution in [3.8, 4) is 12.3 Å². The quantitative estimate of drug-likeness (QED) is 0.670. The van der Waals surface area contributed by atoms with E-state index in [9.17, 15) is 4.79 Å². The van der Waals surface area contributed by atoms with Crippen LogP contribution in [0.25, 0.3) is 0 Å². The summed E-state index contributed by atoms with van der Waals surface area (Å²) >= 11 is 2.01. The highest BCUT2D eigenvalue weighted by Gasteiger charge is 2.28. The fourth-order valence-corrected chi connectivity index (χ4v) is 3.17. The minimum atomic E-state index is 0.143. The van der Waals surface area contributed by atoms with Crippen molar-refractivity contribution in [2.24, 2.45) is 5.92 Å². The fourth-order valence-electron chi connectivity index (χ4n) is 2.19. The zero-order valence-corrected chi connectivity index (χ0v) is 10.3. The predicted octanol–water partition coefficient (Wildman–Crippen LogP) is 0.517. The number of nitrogens with zero attached hydrogens (tertiary/aromatic N) is 2.